The van der Waals surface area contributed by atoms with E-state index in [0.717, 1.165) is 31.6 Å². The van der Waals surface area contributed by atoms with E-state index in [1.54, 1.807) is 4.90 Å². The number of rotatable bonds is 13. The molecule has 1 aromatic rings. The normalized spacial score (nSPS) is 30.9. The van der Waals surface area contributed by atoms with Crippen LogP contribution in [0.5, 0.6) is 0 Å². The highest BCUT2D eigenvalue weighted by Crippen LogP contribution is 2.65. The van der Waals surface area contributed by atoms with E-state index >= 15 is 0 Å². The number of nitrogens with one attached hydrogen (secondary N) is 2. The largest absolute Gasteiger partial charge is 0.396 e. The number of nitrogens with zero attached hydrogens (tertiary/aromatic N) is 2. The summed E-state index contributed by atoms with van der Waals surface area (Å²) in [5.74, 6) is -1.96. The minimum Gasteiger partial charge on any atom is -0.396 e. The first kappa shape index (κ1) is 29.3. The molecule has 3 fully saturated rings. The van der Waals surface area contributed by atoms with E-state index in [1.807, 2.05) is 38.1 Å². The van der Waals surface area contributed by atoms with Gasteiger partial charge in [0.1, 0.15) is 11.6 Å². The highest BCUT2D eigenvalue weighted by molar-refractivity contribution is 6.03. The number of ether oxygens (including phenoxy) is 1. The molecule has 3 N–H and O–H groups in total. The predicted octanol–water partition coefficient (Wildman–Crippen LogP) is 3.17. The topological polar surface area (TPSA) is 111 Å². The maximum absolute atomic E-state index is 14.1. The summed E-state index contributed by atoms with van der Waals surface area (Å²) in [6.07, 6.45) is 3.39. The van der Waals surface area contributed by atoms with Gasteiger partial charge in [0.25, 0.3) is 0 Å². The van der Waals surface area contributed by atoms with Gasteiger partial charge in [-0.1, -0.05) is 13.8 Å². The Labute approximate surface area is 232 Å². The number of likely N-dealkylation sites (tertiary alicyclic amines) is 1. The van der Waals surface area contributed by atoms with Crippen LogP contribution in [0.1, 0.15) is 66.7 Å². The van der Waals surface area contributed by atoms with Gasteiger partial charge >= 0.3 is 0 Å². The third-order valence-electron chi connectivity index (χ3n) is 9.22. The lowest BCUT2D eigenvalue weighted by molar-refractivity contribution is -0.146. The van der Waals surface area contributed by atoms with E-state index in [1.165, 1.54) is 0 Å². The number of carbonyl (C=O) groups is 3. The molecule has 216 valence electrons. The minimum atomic E-state index is -1.05. The second kappa shape index (κ2) is 11.8. The third kappa shape index (κ3) is 5.04. The minimum absolute atomic E-state index is 0.0110. The first-order chi connectivity index (χ1) is 18.7. The van der Waals surface area contributed by atoms with Crippen LogP contribution >= 0.6 is 0 Å². The van der Waals surface area contributed by atoms with Crippen LogP contribution in [0.2, 0.25) is 0 Å². The Bertz CT molecular complexity index is 1040. The van der Waals surface area contributed by atoms with Crippen LogP contribution in [0.4, 0.5) is 11.4 Å². The fourth-order valence-electron chi connectivity index (χ4n) is 7.16. The van der Waals surface area contributed by atoms with Gasteiger partial charge in [0.15, 0.2) is 0 Å². The van der Waals surface area contributed by atoms with Gasteiger partial charge in [-0.05, 0) is 83.1 Å². The van der Waals surface area contributed by atoms with Crippen molar-refractivity contribution in [3.8, 4) is 0 Å². The average Bonchev–Trinajstić information content (AvgIpc) is 3.43. The maximum atomic E-state index is 14.1. The molecule has 3 saturated heterocycles. The lowest BCUT2D eigenvalue weighted by Crippen LogP contribution is -2.54. The number of hydrogen-bond donors (Lipinski definition) is 3. The summed E-state index contributed by atoms with van der Waals surface area (Å²) in [5.41, 5.74) is -0.126. The second-order valence-electron chi connectivity index (χ2n) is 11.5. The Kier molecular flexibility index (Phi) is 8.91. The average molecular weight is 543 g/mol. The fraction of sp³-hybridized carbons (Fsp3) is 0.700. The van der Waals surface area contributed by atoms with E-state index in [9.17, 15) is 19.5 Å². The van der Waals surface area contributed by atoms with Crippen molar-refractivity contribution in [2.75, 3.05) is 43.0 Å². The smallest absolute Gasteiger partial charge is 0.250 e. The number of anilines is 2. The first-order valence-corrected chi connectivity index (χ1v) is 14.7. The van der Waals surface area contributed by atoms with Gasteiger partial charge in [-0.15, -0.1) is 0 Å². The summed E-state index contributed by atoms with van der Waals surface area (Å²) in [7, 11) is 0. The molecule has 3 aliphatic rings. The number of carbonyl (C=O) groups excluding carboxylic acids is 3. The molecule has 3 aliphatic heterocycles. The zero-order valence-corrected chi connectivity index (χ0v) is 24.2. The Morgan fingerprint density at radius 1 is 1.10 bits per heavy atom. The summed E-state index contributed by atoms with van der Waals surface area (Å²) in [5, 5.41) is 15.3. The van der Waals surface area contributed by atoms with Crippen molar-refractivity contribution in [1.82, 2.24) is 10.2 Å². The molecule has 0 aromatic heterocycles. The summed E-state index contributed by atoms with van der Waals surface area (Å²) < 4.78 is 6.75. The fourth-order valence-corrected chi connectivity index (χ4v) is 7.16. The molecular weight excluding hydrogens is 496 g/mol. The van der Waals surface area contributed by atoms with Crippen LogP contribution in [-0.4, -0.2) is 77.8 Å². The molecule has 9 heteroatoms. The van der Waals surface area contributed by atoms with Crippen molar-refractivity contribution < 1.29 is 24.2 Å². The van der Waals surface area contributed by atoms with Crippen molar-refractivity contribution in [2.24, 2.45) is 17.8 Å². The lowest BCUT2D eigenvalue weighted by Gasteiger charge is -2.36. The number of aliphatic hydroxyl groups is 1. The standard InChI is InChI=1S/C30H46N4O5/c1-6-16-31-26(36)23-24-28(38)34(17-10-9-11-18-35)25(30(24)19-20(4)29(23,5)39-30)27(37)32-21-12-14-22(15-13-21)33(7-2)8-3/h12-15,20,23-25,35H,6-11,16-19H2,1-5H3,(H,31,36)(H,32,37)/t20?,23-,24-,25?,29+,30?/m0/s1. The first-order valence-electron chi connectivity index (χ1n) is 14.7. The molecule has 1 aromatic carbocycles. The van der Waals surface area contributed by atoms with E-state index < -0.39 is 29.1 Å². The molecule has 3 heterocycles. The lowest BCUT2D eigenvalue weighted by atomic mass is 9.62. The van der Waals surface area contributed by atoms with Crippen molar-refractivity contribution in [2.45, 2.75) is 84.0 Å². The summed E-state index contributed by atoms with van der Waals surface area (Å²) in [6.45, 7) is 13.0. The van der Waals surface area contributed by atoms with Gasteiger partial charge in [0.2, 0.25) is 17.7 Å². The predicted molar refractivity (Wildman–Crippen MR) is 151 cm³/mol. The van der Waals surface area contributed by atoms with E-state index in [0.29, 0.717) is 38.0 Å². The molecule has 4 rings (SSSR count). The van der Waals surface area contributed by atoms with Gasteiger partial charge in [-0.2, -0.15) is 0 Å². The summed E-state index contributed by atoms with van der Waals surface area (Å²) >= 11 is 0. The van der Waals surface area contributed by atoms with Crippen LogP contribution in [0.25, 0.3) is 0 Å². The van der Waals surface area contributed by atoms with Crippen LogP contribution in [0.3, 0.4) is 0 Å². The monoisotopic (exact) mass is 542 g/mol. The zero-order chi connectivity index (χ0) is 28.4. The zero-order valence-electron chi connectivity index (χ0n) is 24.2. The van der Waals surface area contributed by atoms with E-state index in [4.69, 9.17) is 4.74 Å². The number of benzene rings is 1. The molecule has 6 atom stereocenters. The third-order valence-corrected chi connectivity index (χ3v) is 9.22. The van der Waals surface area contributed by atoms with Crippen molar-refractivity contribution >= 4 is 29.1 Å². The molecule has 9 nitrogen and oxygen atoms in total. The number of fused-ring (bicyclic) bond motifs is 1. The Morgan fingerprint density at radius 2 is 1.79 bits per heavy atom. The number of hydrogen-bond acceptors (Lipinski definition) is 6. The molecular formula is C30H46N4O5. The second-order valence-corrected chi connectivity index (χ2v) is 11.5. The number of aliphatic hydroxyl groups excluding tert-OH is 1. The van der Waals surface area contributed by atoms with E-state index in [-0.39, 0.29) is 30.2 Å². The van der Waals surface area contributed by atoms with Gasteiger partial charge in [-0.3, -0.25) is 14.4 Å². The molecule has 0 radical (unpaired) electrons. The number of unbranched alkanes of at least 4 members (excludes halogenated alkanes) is 2. The van der Waals surface area contributed by atoms with Crippen molar-refractivity contribution in [3.05, 3.63) is 24.3 Å². The molecule has 1 spiro atoms. The SMILES string of the molecule is CCCNC(=O)[C@@H]1[C@H]2C(=O)N(CCCCCO)C(C(=O)Nc3ccc(N(CC)CC)cc3)C23CC(C)[C@@]1(C)O3. The van der Waals surface area contributed by atoms with Gasteiger partial charge in [0, 0.05) is 44.2 Å². The van der Waals surface area contributed by atoms with Gasteiger partial charge < -0.3 is 30.3 Å². The molecule has 0 saturated carbocycles. The molecule has 39 heavy (non-hydrogen) atoms. The molecule has 3 unspecified atom stereocenters. The Balaban J connectivity index is 1.65. The van der Waals surface area contributed by atoms with Crippen molar-refractivity contribution in [1.29, 1.82) is 0 Å². The van der Waals surface area contributed by atoms with Crippen LogP contribution in [0.15, 0.2) is 24.3 Å². The quantitative estimate of drug-likeness (QED) is 0.330. The summed E-state index contributed by atoms with van der Waals surface area (Å²) in [4.78, 5) is 45.4. The Hall–Kier alpha value is -2.65. The van der Waals surface area contributed by atoms with E-state index in [2.05, 4.69) is 36.3 Å². The van der Waals surface area contributed by atoms with Gasteiger partial charge in [-0.25, -0.2) is 0 Å². The molecule has 3 amide bonds. The van der Waals surface area contributed by atoms with Crippen LogP contribution < -0.4 is 15.5 Å². The Morgan fingerprint density at radius 3 is 2.41 bits per heavy atom. The van der Waals surface area contributed by atoms with Crippen molar-refractivity contribution in [3.63, 3.8) is 0 Å². The van der Waals surface area contributed by atoms with Crippen LogP contribution in [0, 0.1) is 17.8 Å². The highest BCUT2D eigenvalue weighted by Gasteiger charge is 2.79. The highest BCUT2D eigenvalue weighted by atomic mass is 16.5. The number of amides is 3. The molecule has 0 aliphatic carbocycles. The van der Waals surface area contributed by atoms with Crippen LogP contribution in [-0.2, 0) is 19.1 Å². The van der Waals surface area contributed by atoms with Gasteiger partial charge in [0.05, 0.1) is 17.4 Å². The maximum Gasteiger partial charge on any atom is 0.250 e. The molecule has 2 bridgehead atoms. The summed E-state index contributed by atoms with van der Waals surface area (Å²) in [6, 6.07) is 6.93.